The first-order chi connectivity index (χ1) is 7.24. The minimum absolute atomic E-state index is 0.00346. The first kappa shape index (κ1) is 10.4. The van der Waals surface area contributed by atoms with Crippen LogP contribution in [-0.4, -0.2) is 15.9 Å². The summed E-state index contributed by atoms with van der Waals surface area (Å²) in [4.78, 5) is 19.3. The molecule has 4 nitrogen and oxygen atoms in total. The number of aromatic nitrogens is 2. The molecule has 1 aromatic heterocycles. The summed E-state index contributed by atoms with van der Waals surface area (Å²) >= 11 is 5.65. The number of anilines is 1. The van der Waals surface area contributed by atoms with E-state index in [9.17, 15) is 4.79 Å². The highest BCUT2D eigenvalue weighted by Crippen LogP contribution is 2.29. The van der Waals surface area contributed by atoms with E-state index >= 15 is 0 Å². The van der Waals surface area contributed by atoms with Crippen molar-refractivity contribution in [2.24, 2.45) is 5.92 Å². The van der Waals surface area contributed by atoms with Crippen LogP contribution in [0.3, 0.4) is 0 Å². The number of hydrogen-bond donors (Lipinski definition) is 1. The van der Waals surface area contributed by atoms with Gasteiger partial charge in [-0.3, -0.25) is 9.78 Å². The van der Waals surface area contributed by atoms with Gasteiger partial charge >= 0.3 is 0 Å². The Kier molecular flexibility index (Phi) is 3.16. The summed E-state index contributed by atoms with van der Waals surface area (Å²) in [5, 5.41) is 2.97. The van der Waals surface area contributed by atoms with Crippen molar-refractivity contribution in [1.29, 1.82) is 0 Å². The van der Waals surface area contributed by atoms with Gasteiger partial charge in [0.25, 0.3) is 0 Å². The third-order valence-electron chi connectivity index (χ3n) is 2.57. The van der Waals surface area contributed by atoms with Gasteiger partial charge in [0, 0.05) is 6.42 Å². The molecule has 80 valence electrons. The summed E-state index contributed by atoms with van der Waals surface area (Å²) in [6.07, 6.45) is 7.07. The van der Waals surface area contributed by atoms with Crippen LogP contribution in [0.15, 0.2) is 12.4 Å². The molecular weight excluding hydrogens is 214 g/mol. The first-order valence-electron chi connectivity index (χ1n) is 5.01. The molecule has 1 aliphatic rings. The van der Waals surface area contributed by atoms with Crippen LogP contribution in [0.25, 0.3) is 0 Å². The van der Waals surface area contributed by atoms with Crippen LogP contribution < -0.4 is 5.32 Å². The zero-order chi connectivity index (χ0) is 10.7. The lowest BCUT2D eigenvalue weighted by Crippen LogP contribution is -2.21. The molecule has 1 saturated carbocycles. The molecule has 0 radical (unpaired) electrons. The van der Waals surface area contributed by atoms with Gasteiger partial charge in [0.1, 0.15) is 5.15 Å². The number of carbonyl (C=O) groups is 1. The van der Waals surface area contributed by atoms with Gasteiger partial charge in [0.2, 0.25) is 5.91 Å². The Morgan fingerprint density at radius 1 is 1.53 bits per heavy atom. The molecule has 2 rings (SSSR count). The van der Waals surface area contributed by atoms with Crippen molar-refractivity contribution >= 4 is 23.3 Å². The van der Waals surface area contributed by atoms with Gasteiger partial charge in [-0.05, 0) is 18.8 Å². The quantitative estimate of drug-likeness (QED) is 0.859. The van der Waals surface area contributed by atoms with Crippen LogP contribution in [0, 0.1) is 5.92 Å². The normalized spacial score (nSPS) is 15.8. The Bertz CT molecular complexity index is 365. The van der Waals surface area contributed by atoms with Gasteiger partial charge in [-0.15, -0.1) is 0 Å². The van der Waals surface area contributed by atoms with E-state index in [-0.39, 0.29) is 11.1 Å². The van der Waals surface area contributed by atoms with Crippen molar-refractivity contribution in [3.8, 4) is 0 Å². The first-order valence-corrected chi connectivity index (χ1v) is 5.39. The number of carbonyl (C=O) groups excluding carboxylic acids is 1. The largest absolute Gasteiger partial charge is 0.309 e. The predicted molar refractivity (Wildman–Crippen MR) is 57.6 cm³/mol. The van der Waals surface area contributed by atoms with E-state index in [1.807, 2.05) is 0 Å². The van der Waals surface area contributed by atoms with E-state index in [4.69, 9.17) is 11.6 Å². The topological polar surface area (TPSA) is 54.9 Å². The molecule has 1 N–H and O–H groups in total. The molecule has 0 aromatic carbocycles. The smallest absolute Gasteiger partial charge is 0.225 e. The lowest BCUT2D eigenvalue weighted by atomic mass is 9.83. The summed E-state index contributed by atoms with van der Waals surface area (Å²) in [5.41, 5.74) is 0. The summed E-state index contributed by atoms with van der Waals surface area (Å²) in [6.45, 7) is 0. The van der Waals surface area contributed by atoms with Crippen LogP contribution in [0.5, 0.6) is 0 Å². The fraction of sp³-hybridized carbons (Fsp3) is 0.500. The molecule has 0 unspecified atom stereocenters. The number of nitrogens with one attached hydrogen (secondary N) is 1. The van der Waals surface area contributed by atoms with Crippen LogP contribution in [0.2, 0.25) is 5.15 Å². The number of hydrogen-bond acceptors (Lipinski definition) is 3. The fourth-order valence-corrected chi connectivity index (χ4v) is 1.70. The highest BCUT2D eigenvalue weighted by atomic mass is 35.5. The molecule has 0 saturated heterocycles. The fourth-order valence-electron chi connectivity index (χ4n) is 1.56. The van der Waals surface area contributed by atoms with Gasteiger partial charge < -0.3 is 5.32 Å². The van der Waals surface area contributed by atoms with Gasteiger partial charge in [-0.25, -0.2) is 4.98 Å². The summed E-state index contributed by atoms with van der Waals surface area (Å²) in [6, 6.07) is 0. The average molecular weight is 226 g/mol. The third kappa shape index (κ3) is 2.89. The van der Waals surface area contributed by atoms with Crippen molar-refractivity contribution in [3.05, 3.63) is 17.5 Å². The molecule has 1 fully saturated rings. The molecule has 1 amide bonds. The summed E-state index contributed by atoms with van der Waals surface area (Å²) in [5.74, 6) is 0.972. The van der Waals surface area contributed by atoms with Crippen LogP contribution in [-0.2, 0) is 4.79 Å². The summed E-state index contributed by atoms with van der Waals surface area (Å²) < 4.78 is 0. The van der Waals surface area contributed by atoms with E-state index in [0.29, 0.717) is 18.2 Å². The zero-order valence-corrected chi connectivity index (χ0v) is 9.00. The Morgan fingerprint density at radius 3 is 2.93 bits per heavy atom. The van der Waals surface area contributed by atoms with E-state index in [1.54, 1.807) is 0 Å². The SMILES string of the molecule is O=C(CC1CCC1)Nc1cncc(Cl)n1. The van der Waals surface area contributed by atoms with Gasteiger partial charge in [-0.1, -0.05) is 18.0 Å². The third-order valence-corrected chi connectivity index (χ3v) is 2.75. The van der Waals surface area contributed by atoms with E-state index in [0.717, 1.165) is 12.8 Å². The monoisotopic (exact) mass is 225 g/mol. The molecule has 1 heterocycles. The second-order valence-electron chi connectivity index (χ2n) is 3.78. The molecule has 15 heavy (non-hydrogen) atoms. The zero-order valence-electron chi connectivity index (χ0n) is 8.24. The van der Waals surface area contributed by atoms with Crippen LogP contribution in [0.4, 0.5) is 5.82 Å². The highest BCUT2D eigenvalue weighted by molar-refractivity contribution is 6.29. The Labute approximate surface area is 93.1 Å². The van der Waals surface area contributed by atoms with E-state index in [2.05, 4.69) is 15.3 Å². The maximum atomic E-state index is 11.5. The number of nitrogens with zero attached hydrogens (tertiary/aromatic N) is 2. The molecule has 1 aromatic rings. The van der Waals surface area contributed by atoms with Crippen molar-refractivity contribution < 1.29 is 4.79 Å². The average Bonchev–Trinajstić information content (AvgIpc) is 2.11. The van der Waals surface area contributed by atoms with Crippen molar-refractivity contribution in [1.82, 2.24) is 9.97 Å². The van der Waals surface area contributed by atoms with Crippen molar-refractivity contribution in [2.75, 3.05) is 5.32 Å². The predicted octanol–water partition coefficient (Wildman–Crippen LogP) is 2.26. The molecular formula is C10H12ClN3O. The van der Waals surface area contributed by atoms with Crippen molar-refractivity contribution in [3.63, 3.8) is 0 Å². The minimum Gasteiger partial charge on any atom is -0.309 e. The molecule has 0 atom stereocenters. The minimum atomic E-state index is -0.00346. The molecule has 0 spiro atoms. The summed E-state index contributed by atoms with van der Waals surface area (Å²) in [7, 11) is 0. The Morgan fingerprint density at radius 2 is 2.33 bits per heavy atom. The second kappa shape index (κ2) is 4.57. The molecule has 5 heteroatoms. The molecule has 1 aliphatic carbocycles. The number of rotatable bonds is 3. The maximum Gasteiger partial charge on any atom is 0.225 e. The van der Waals surface area contributed by atoms with Crippen molar-refractivity contribution in [2.45, 2.75) is 25.7 Å². The van der Waals surface area contributed by atoms with E-state index in [1.165, 1.54) is 18.8 Å². The highest BCUT2D eigenvalue weighted by Gasteiger charge is 2.20. The van der Waals surface area contributed by atoms with Crippen LogP contribution >= 0.6 is 11.6 Å². The number of amides is 1. The van der Waals surface area contributed by atoms with Gasteiger partial charge in [-0.2, -0.15) is 0 Å². The lowest BCUT2D eigenvalue weighted by molar-refractivity contribution is -0.117. The van der Waals surface area contributed by atoms with Gasteiger partial charge in [0.05, 0.1) is 12.4 Å². The molecule has 0 bridgehead atoms. The lowest BCUT2D eigenvalue weighted by Gasteiger charge is -2.24. The number of halogens is 1. The second-order valence-corrected chi connectivity index (χ2v) is 4.16. The maximum absolute atomic E-state index is 11.5. The van der Waals surface area contributed by atoms with E-state index < -0.39 is 0 Å². The Balaban J connectivity index is 1.87. The standard InChI is InChI=1S/C10H12ClN3O/c11-8-5-12-6-9(13-8)14-10(15)4-7-2-1-3-7/h5-7H,1-4H2,(H,13,14,15). The molecule has 0 aliphatic heterocycles. The van der Waals surface area contributed by atoms with Crippen LogP contribution in [0.1, 0.15) is 25.7 Å². The van der Waals surface area contributed by atoms with Gasteiger partial charge in [0.15, 0.2) is 5.82 Å². The Hall–Kier alpha value is -1.16.